The summed E-state index contributed by atoms with van der Waals surface area (Å²) in [5, 5.41) is 13.6. The second kappa shape index (κ2) is 10.4. The summed E-state index contributed by atoms with van der Waals surface area (Å²) in [7, 11) is 0. The Balaban J connectivity index is 1.05. The molecule has 2 N–H and O–H groups in total. The number of primary amides is 1. The van der Waals surface area contributed by atoms with Crippen molar-refractivity contribution in [2.24, 2.45) is 11.1 Å². The summed E-state index contributed by atoms with van der Waals surface area (Å²) in [6, 6.07) is 25.8. The van der Waals surface area contributed by atoms with Gasteiger partial charge in [0, 0.05) is 42.4 Å². The van der Waals surface area contributed by atoms with E-state index in [4.69, 9.17) is 16.0 Å². The smallest absolute Gasteiger partial charge is 0.269 e. The molecule has 1 amide bonds. The van der Waals surface area contributed by atoms with Crippen molar-refractivity contribution in [3.63, 3.8) is 0 Å². The number of nitriles is 1. The standard InChI is InChI=1S/C32H29N9O/c33-18-26-35-15-12-27(36-26)40-20-32(21-40)13-16-39(17-14-32)19-22-6-8-23(9-7-22)29-30(24-4-2-1-3-5-24)41-28(37-29)11-10-25(38-41)31(34)42/h1-12,15H,13-14,16-17,19-21H2,(H2,34,42). The summed E-state index contributed by atoms with van der Waals surface area (Å²) < 4.78 is 1.71. The molecule has 10 nitrogen and oxygen atoms in total. The molecular weight excluding hydrogens is 526 g/mol. The van der Waals surface area contributed by atoms with Crippen molar-refractivity contribution >= 4 is 17.4 Å². The molecule has 2 saturated heterocycles. The Hall–Kier alpha value is -5.14. The fraction of sp³-hybridized carbons (Fsp3) is 0.250. The number of carbonyl (C=O) groups is 1. The highest BCUT2D eigenvalue weighted by atomic mass is 16.1. The number of nitrogens with two attached hydrogens (primary N) is 1. The number of amides is 1. The zero-order valence-electron chi connectivity index (χ0n) is 23.0. The van der Waals surface area contributed by atoms with Gasteiger partial charge in [-0.3, -0.25) is 9.69 Å². The van der Waals surface area contributed by atoms with Gasteiger partial charge in [0.15, 0.2) is 5.65 Å². The number of hydrogen-bond acceptors (Lipinski definition) is 8. The summed E-state index contributed by atoms with van der Waals surface area (Å²) in [6.07, 6.45) is 3.97. The van der Waals surface area contributed by atoms with E-state index in [1.54, 1.807) is 22.8 Å². The zero-order valence-corrected chi connectivity index (χ0v) is 23.0. The van der Waals surface area contributed by atoms with Crippen LogP contribution >= 0.6 is 0 Å². The largest absolute Gasteiger partial charge is 0.364 e. The summed E-state index contributed by atoms with van der Waals surface area (Å²) in [4.78, 5) is 29.8. The number of nitrogens with zero attached hydrogens (tertiary/aromatic N) is 8. The van der Waals surface area contributed by atoms with Crippen molar-refractivity contribution in [3.05, 3.63) is 96.1 Å². The molecule has 2 fully saturated rings. The normalized spacial score (nSPS) is 16.3. The lowest BCUT2D eigenvalue weighted by Crippen LogP contribution is -2.60. The lowest BCUT2D eigenvalue weighted by molar-refractivity contribution is 0.0719. The fourth-order valence-electron chi connectivity index (χ4n) is 6.15. The first-order valence-electron chi connectivity index (χ1n) is 14.1. The number of rotatable bonds is 6. The van der Waals surface area contributed by atoms with E-state index in [2.05, 4.69) is 49.1 Å². The van der Waals surface area contributed by atoms with Crippen LogP contribution < -0.4 is 10.6 Å². The summed E-state index contributed by atoms with van der Waals surface area (Å²) >= 11 is 0. The zero-order chi connectivity index (χ0) is 28.7. The molecule has 0 saturated carbocycles. The molecule has 5 heterocycles. The van der Waals surface area contributed by atoms with Crippen LogP contribution in [0.3, 0.4) is 0 Å². The van der Waals surface area contributed by atoms with Gasteiger partial charge < -0.3 is 10.6 Å². The summed E-state index contributed by atoms with van der Waals surface area (Å²) in [5.74, 6) is 0.495. The van der Waals surface area contributed by atoms with Gasteiger partial charge in [0.05, 0.1) is 5.69 Å². The topological polar surface area (TPSA) is 129 Å². The minimum Gasteiger partial charge on any atom is -0.364 e. The number of anilines is 1. The van der Waals surface area contributed by atoms with Crippen LogP contribution in [0.5, 0.6) is 0 Å². The number of piperidine rings is 1. The monoisotopic (exact) mass is 555 g/mol. The molecule has 2 aliphatic heterocycles. The predicted molar refractivity (Wildman–Crippen MR) is 158 cm³/mol. The third-order valence-corrected chi connectivity index (χ3v) is 8.44. The fourth-order valence-corrected chi connectivity index (χ4v) is 6.15. The maximum Gasteiger partial charge on any atom is 0.269 e. The Morgan fingerprint density at radius 1 is 0.929 bits per heavy atom. The summed E-state index contributed by atoms with van der Waals surface area (Å²) in [6.45, 7) is 4.98. The second-order valence-corrected chi connectivity index (χ2v) is 11.2. The van der Waals surface area contributed by atoms with Crippen LogP contribution in [-0.4, -0.2) is 61.6 Å². The van der Waals surface area contributed by atoms with Gasteiger partial charge in [-0.05, 0) is 49.7 Å². The molecule has 0 radical (unpaired) electrons. The molecule has 0 aliphatic carbocycles. The molecule has 2 aromatic carbocycles. The van der Waals surface area contributed by atoms with Gasteiger partial charge in [0.25, 0.3) is 5.91 Å². The van der Waals surface area contributed by atoms with Gasteiger partial charge in [0.2, 0.25) is 5.82 Å². The molecule has 7 rings (SSSR count). The maximum absolute atomic E-state index is 11.8. The molecule has 208 valence electrons. The number of fused-ring (bicyclic) bond motifs is 1. The van der Waals surface area contributed by atoms with Crippen molar-refractivity contribution in [3.8, 4) is 28.6 Å². The third kappa shape index (κ3) is 4.74. The van der Waals surface area contributed by atoms with Gasteiger partial charge in [-0.1, -0.05) is 54.6 Å². The SMILES string of the molecule is N#Cc1nccc(N2CC3(CCN(Cc4ccc(-c5nc6ccc(C(N)=O)nn6c5-c5ccccc5)cc4)CC3)C2)n1. The van der Waals surface area contributed by atoms with E-state index in [1.807, 2.05) is 42.5 Å². The van der Waals surface area contributed by atoms with Crippen LogP contribution in [0.25, 0.3) is 28.2 Å². The van der Waals surface area contributed by atoms with E-state index in [-0.39, 0.29) is 11.5 Å². The average Bonchev–Trinajstić information content (AvgIpc) is 3.40. The van der Waals surface area contributed by atoms with Crippen LogP contribution in [0.15, 0.2) is 79.0 Å². The first-order valence-corrected chi connectivity index (χ1v) is 14.1. The molecule has 1 spiro atoms. The van der Waals surface area contributed by atoms with Crippen molar-refractivity contribution < 1.29 is 4.79 Å². The highest BCUT2D eigenvalue weighted by Crippen LogP contribution is 2.42. The summed E-state index contributed by atoms with van der Waals surface area (Å²) in [5.41, 5.74) is 11.5. The molecule has 0 unspecified atom stereocenters. The van der Waals surface area contributed by atoms with E-state index < -0.39 is 5.91 Å². The van der Waals surface area contributed by atoms with Crippen molar-refractivity contribution in [2.75, 3.05) is 31.1 Å². The molecule has 3 aromatic heterocycles. The Labute approximate surface area is 243 Å². The van der Waals surface area contributed by atoms with Crippen molar-refractivity contribution in [1.82, 2.24) is 29.5 Å². The van der Waals surface area contributed by atoms with Crippen LogP contribution in [0.1, 0.15) is 34.7 Å². The quantitative estimate of drug-likeness (QED) is 0.334. The molecule has 0 atom stereocenters. The van der Waals surface area contributed by atoms with Crippen LogP contribution in [-0.2, 0) is 6.54 Å². The van der Waals surface area contributed by atoms with Gasteiger partial charge >= 0.3 is 0 Å². The Kier molecular flexibility index (Phi) is 6.36. The number of benzene rings is 2. The van der Waals surface area contributed by atoms with E-state index in [0.717, 1.165) is 73.9 Å². The Morgan fingerprint density at radius 2 is 1.69 bits per heavy atom. The van der Waals surface area contributed by atoms with Crippen molar-refractivity contribution in [2.45, 2.75) is 19.4 Å². The molecular formula is C32H29N9O. The lowest BCUT2D eigenvalue weighted by Gasteiger charge is -2.54. The second-order valence-electron chi connectivity index (χ2n) is 11.2. The Morgan fingerprint density at radius 3 is 2.40 bits per heavy atom. The van der Waals surface area contributed by atoms with E-state index in [1.165, 1.54) is 5.56 Å². The number of imidazole rings is 1. The van der Waals surface area contributed by atoms with Crippen LogP contribution in [0.4, 0.5) is 5.82 Å². The molecule has 2 aliphatic rings. The molecule has 5 aromatic rings. The molecule has 10 heteroatoms. The van der Waals surface area contributed by atoms with Gasteiger partial charge in [-0.2, -0.15) is 10.4 Å². The highest BCUT2D eigenvalue weighted by Gasteiger charge is 2.45. The van der Waals surface area contributed by atoms with Crippen LogP contribution in [0, 0.1) is 16.7 Å². The van der Waals surface area contributed by atoms with Gasteiger partial charge in [-0.15, -0.1) is 0 Å². The number of aromatic nitrogens is 5. The molecule has 42 heavy (non-hydrogen) atoms. The minimum absolute atomic E-state index is 0.194. The Bertz CT molecular complexity index is 1810. The lowest BCUT2D eigenvalue weighted by atomic mass is 9.72. The highest BCUT2D eigenvalue weighted by molar-refractivity contribution is 5.91. The van der Waals surface area contributed by atoms with E-state index in [9.17, 15) is 4.79 Å². The first-order chi connectivity index (χ1) is 20.5. The number of hydrogen-bond donors (Lipinski definition) is 1. The minimum atomic E-state index is -0.575. The third-order valence-electron chi connectivity index (χ3n) is 8.44. The predicted octanol–water partition coefficient (Wildman–Crippen LogP) is 3.93. The van der Waals surface area contributed by atoms with Crippen LogP contribution in [0.2, 0.25) is 0 Å². The van der Waals surface area contributed by atoms with Gasteiger partial charge in [-0.25, -0.2) is 19.5 Å². The average molecular weight is 556 g/mol. The first kappa shape index (κ1) is 25.8. The van der Waals surface area contributed by atoms with Gasteiger partial charge in [0.1, 0.15) is 23.3 Å². The van der Waals surface area contributed by atoms with E-state index in [0.29, 0.717) is 11.1 Å². The maximum atomic E-state index is 11.8. The molecule has 0 bridgehead atoms. The van der Waals surface area contributed by atoms with E-state index >= 15 is 0 Å². The van der Waals surface area contributed by atoms with Crippen molar-refractivity contribution in [1.29, 1.82) is 5.26 Å². The number of carbonyl (C=O) groups excluding carboxylic acids is 1. The number of likely N-dealkylation sites (tertiary alicyclic amines) is 1.